The minimum atomic E-state index is -3.71. The number of halogens is 3. The number of aliphatic hydroxyl groups is 10. The van der Waals surface area contributed by atoms with Gasteiger partial charge in [-0.25, -0.2) is 23.6 Å². The molecule has 4 fully saturated rings. The van der Waals surface area contributed by atoms with E-state index in [1.165, 1.54) is 31.5 Å². The van der Waals surface area contributed by atoms with Crippen LogP contribution in [0.4, 0.5) is 36.4 Å². The Morgan fingerprint density at radius 3 is 1.51 bits per heavy atom. The van der Waals surface area contributed by atoms with Gasteiger partial charge in [-0.2, -0.15) is 28.7 Å². The minimum Gasteiger partial charge on any atom is -0.394 e. The summed E-state index contributed by atoms with van der Waals surface area (Å²) in [7, 11) is 0. The number of hydrogen-bond acceptors (Lipinski definition) is 26. The van der Waals surface area contributed by atoms with E-state index in [-0.39, 0.29) is 17.5 Å². The molecule has 4 aromatic rings. The van der Waals surface area contributed by atoms with E-state index in [2.05, 4.69) is 19.9 Å². The number of terminal acetylenes is 1. The number of aliphatic hydroxyl groups excluding tert-OH is 9. The Morgan fingerprint density at radius 2 is 1.10 bits per heavy atom. The van der Waals surface area contributed by atoms with Gasteiger partial charge in [-0.1, -0.05) is 5.92 Å². The molecule has 30 nitrogen and oxygen atoms in total. The molecule has 0 radical (unpaired) electrons. The molecule has 0 aliphatic carbocycles. The summed E-state index contributed by atoms with van der Waals surface area (Å²) in [6.07, 6.45) is -9.10. The van der Waals surface area contributed by atoms with Crippen molar-refractivity contribution in [1.82, 2.24) is 38.2 Å². The van der Waals surface area contributed by atoms with Crippen molar-refractivity contribution in [3.05, 3.63) is 90.7 Å². The first-order valence-corrected chi connectivity index (χ1v) is 20.5. The third-order valence-electron chi connectivity index (χ3n) is 11.0. The van der Waals surface area contributed by atoms with Gasteiger partial charge in [-0.3, -0.25) is 18.3 Å². The maximum atomic E-state index is 13.7. The van der Waals surface area contributed by atoms with Crippen LogP contribution in [0.3, 0.4) is 0 Å². The van der Waals surface area contributed by atoms with Crippen molar-refractivity contribution in [1.29, 1.82) is 0 Å². The highest BCUT2D eigenvalue weighted by molar-refractivity contribution is 5.27. The first-order chi connectivity index (χ1) is 33.3. The summed E-state index contributed by atoms with van der Waals surface area (Å²) in [4.78, 5) is 59.5. The molecule has 390 valence electrons. The van der Waals surface area contributed by atoms with Crippen LogP contribution in [0.5, 0.6) is 0 Å². The molecule has 4 saturated heterocycles. The van der Waals surface area contributed by atoms with Crippen molar-refractivity contribution in [2.75, 3.05) is 42.8 Å². The zero-order valence-electron chi connectivity index (χ0n) is 36.6. The number of nitrogens with two attached hydrogens (primary N) is 4. The summed E-state index contributed by atoms with van der Waals surface area (Å²) in [5, 5.41) is 94.6. The van der Waals surface area contributed by atoms with Crippen molar-refractivity contribution in [3.63, 3.8) is 0 Å². The monoisotopic (exact) mass is 1020 g/mol. The topological polar surface area (TPSA) is 483 Å². The largest absolute Gasteiger partial charge is 0.394 e. The average Bonchev–Trinajstić information content (AvgIpc) is 3.94. The van der Waals surface area contributed by atoms with Gasteiger partial charge >= 0.3 is 28.7 Å². The first-order valence-electron chi connectivity index (χ1n) is 20.5. The summed E-state index contributed by atoms with van der Waals surface area (Å²) < 4.78 is 64.2. The standard InChI is InChI=1S/C11H13N3O5.C9H11F2N3O4.C9H12FN3O4.C9H13N3O5/c1-2-11(18)6(5-15)19-9(8(11)16)14-4-3-7(12)13-10(14)17;10-9(11)6(16)4(3-15)18-7(9)14-2-1-5(12)13-8(14)17;1-3-5(14)6(15)8(17-3)13-2-4(10)7(11)12-9(13)16;10-5-1-2-12(9(16)11-5)8-7(15)6(14)4(3-13)17-8/h1,3-4,6,8-9,15-16,18H,5H2,(H2,12,13,17);1-2,4,6-7,15-16H,3H2,(H2,12,13,17);2-3,5-6,8,14-15H,1H3,(H2,11,12,16);1-2,4,6-8,13-15H,3H2,(H2,10,11,16)/t6-,8+,9-,11-;4-,6-,7-;3-,5-,6-,8-;4-,6-,7+,8-/m1111/s1. The van der Waals surface area contributed by atoms with Gasteiger partial charge in [0.15, 0.2) is 42.0 Å². The maximum Gasteiger partial charge on any atom is 0.351 e. The molecular weight excluding hydrogens is 969 g/mol. The second-order valence-electron chi connectivity index (χ2n) is 15.7. The van der Waals surface area contributed by atoms with E-state index in [0.29, 0.717) is 4.57 Å². The lowest BCUT2D eigenvalue weighted by Crippen LogP contribution is -2.48. The third kappa shape index (κ3) is 11.3. The number of aromatic nitrogens is 8. The number of alkyl halides is 2. The fraction of sp³-hybridized carbons (Fsp3) is 0.526. The molecule has 0 amide bonds. The quantitative estimate of drug-likeness (QED) is 0.0765. The van der Waals surface area contributed by atoms with E-state index in [0.717, 1.165) is 32.2 Å². The van der Waals surface area contributed by atoms with Crippen LogP contribution in [0.1, 0.15) is 31.8 Å². The normalized spacial score (nSPS) is 32.6. The van der Waals surface area contributed by atoms with Gasteiger partial charge in [0, 0.05) is 18.6 Å². The lowest BCUT2D eigenvalue weighted by Gasteiger charge is -2.23. The molecule has 0 aromatic carbocycles. The number of hydrogen-bond donors (Lipinski definition) is 14. The molecule has 8 rings (SSSR count). The molecule has 0 bridgehead atoms. The SMILES string of the molecule is C#C[C@@]1(O)[C@@H](CO)O[C@@H](n2ccc(N)nc2=O)[C@@H]1O.C[C@H]1O[C@@H](n2cc(F)c(N)nc2=O)[C@H](O)[C@@H]1O.Nc1ccn([C@@H]2O[C@H](CO)[C@@H](O)C2(F)F)c(=O)n1.Nc1ccn([C@@H]2O[C@H](CO)[C@@H](O)[C@@H]2O)c(=O)n1. The third-order valence-corrected chi connectivity index (χ3v) is 11.0. The fourth-order valence-corrected chi connectivity index (χ4v) is 7.10. The summed E-state index contributed by atoms with van der Waals surface area (Å²) in [6, 6.07) is 3.86. The Morgan fingerprint density at radius 1 is 0.634 bits per heavy atom. The molecule has 0 saturated carbocycles. The van der Waals surface area contributed by atoms with E-state index in [1.807, 2.05) is 5.92 Å². The summed E-state index contributed by atoms with van der Waals surface area (Å²) >= 11 is 0. The van der Waals surface area contributed by atoms with Crippen LogP contribution < -0.4 is 45.7 Å². The van der Waals surface area contributed by atoms with Crippen molar-refractivity contribution in [2.45, 2.75) is 104 Å². The van der Waals surface area contributed by atoms with Gasteiger partial charge < -0.3 is 92.9 Å². The summed E-state index contributed by atoms with van der Waals surface area (Å²) in [5.74, 6) is -3.19. The van der Waals surface area contributed by atoms with Gasteiger partial charge in [0.25, 0.3) is 0 Å². The molecule has 4 aromatic heterocycles. The molecular formula is C38H49F3N12O18. The molecule has 18 N–H and O–H groups in total. The van der Waals surface area contributed by atoms with Crippen LogP contribution in [-0.2, 0) is 18.9 Å². The van der Waals surface area contributed by atoms with E-state index in [1.54, 1.807) is 0 Å². The molecule has 71 heavy (non-hydrogen) atoms. The summed E-state index contributed by atoms with van der Waals surface area (Å²) in [5.41, 5.74) is 15.6. The Kier molecular flexibility index (Phi) is 17.4. The first kappa shape index (κ1) is 55.4. The highest BCUT2D eigenvalue weighted by Gasteiger charge is 2.59. The smallest absolute Gasteiger partial charge is 0.351 e. The van der Waals surface area contributed by atoms with E-state index in [4.69, 9.17) is 63.6 Å². The van der Waals surface area contributed by atoms with Crippen molar-refractivity contribution in [2.24, 2.45) is 0 Å². The van der Waals surface area contributed by atoms with Crippen molar-refractivity contribution >= 4 is 23.3 Å². The van der Waals surface area contributed by atoms with E-state index >= 15 is 0 Å². The molecule has 8 heterocycles. The fourth-order valence-electron chi connectivity index (χ4n) is 7.10. The maximum absolute atomic E-state index is 13.7. The van der Waals surface area contributed by atoms with Gasteiger partial charge in [0.05, 0.1) is 32.1 Å². The van der Waals surface area contributed by atoms with Gasteiger partial charge in [-0.15, -0.1) is 6.42 Å². The highest BCUT2D eigenvalue weighted by Crippen LogP contribution is 2.42. The second-order valence-corrected chi connectivity index (χ2v) is 15.7. The lowest BCUT2D eigenvalue weighted by molar-refractivity contribution is -0.140. The number of nitrogens with zero attached hydrogens (tertiary/aromatic N) is 8. The molecule has 15 atom stereocenters. The van der Waals surface area contributed by atoms with Crippen molar-refractivity contribution < 1.29 is 83.2 Å². The Hall–Kier alpha value is -6.49. The zero-order valence-corrected chi connectivity index (χ0v) is 36.6. The summed E-state index contributed by atoms with van der Waals surface area (Å²) in [6.45, 7) is -0.318. The van der Waals surface area contributed by atoms with E-state index in [9.17, 15) is 68.1 Å². The van der Waals surface area contributed by atoms with Gasteiger partial charge in [0.1, 0.15) is 66.3 Å². The van der Waals surface area contributed by atoms with Crippen LogP contribution >= 0.6 is 0 Å². The molecule has 4 aliphatic rings. The number of nitrogen functional groups attached to an aromatic ring is 4. The van der Waals surface area contributed by atoms with Crippen LogP contribution in [-0.4, -0.2) is 182 Å². The van der Waals surface area contributed by atoms with Crippen LogP contribution in [0.15, 0.2) is 62.2 Å². The lowest BCUT2D eigenvalue weighted by atomic mass is 9.93. The van der Waals surface area contributed by atoms with Gasteiger partial charge in [0.2, 0.25) is 6.23 Å². The predicted octanol–water partition coefficient (Wildman–Crippen LogP) is -7.81. The molecule has 0 unspecified atom stereocenters. The highest BCUT2D eigenvalue weighted by atomic mass is 19.3. The zero-order chi connectivity index (χ0) is 53.0. The second kappa shape index (κ2) is 22.3. The van der Waals surface area contributed by atoms with Crippen LogP contribution in [0, 0.1) is 18.2 Å². The molecule has 33 heteroatoms. The predicted molar refractivity (Wildman–Crippen MR) is 229 cm³/mol. The number of ether oxygens (including phenoxy) is 4. The van der Waals surface area contributed by atoms with Gasteiger partial charge in [-0.05, 0) is 25.1 Å². The van der Waals surface area contributed by atoms with Crippen molar-refractivity contribution in [3.8, 4) is 12.3 Å². The Bertz CT molecular complexity index is 2780. The molecule has 4 aliphatic heterocycles. The molecule has 0 spiro atoms. The minimum absolute atomic E-state index is 0.0136. The van der Waals surface area contributed by atoms with Crippen LogP contribution in [0.25, 0.3) is 0 Å². The number of rotatable bonds is 7. The number of anilines is 4. The Labute approximate surface area is 394 Å². The van der Waals surface area contributed by atoms with Crippen LogP contribution in [0.2, 0.25) is 0 Å². The van der Waals surface area contributed by atoms with E-state index < -0.39 is 152 Å². The Balaban J connectivity index is 0.000000176. The average molecular weight is 1020 g/mol.